The Kier molecular flexibility index (Phi) is 4.88. The Bertz CT molecular complexity index is 752. The van der Waals surface area contributed by atoms with E-state index in [1.807, 2.05) is 43.0 Å². The second kappa shape index (κ2) is 7.09. The summed E-state index contributed by atoms with van der Waals surface area (Å²) in [6.07, 6.45) is 0.342. The largest absolute Gasteiger partial charge is 0.368 e. The lowest BCUT2D eigenvalue weighted by molar-refractivity contribution is -0.130. The van der Waals surface area contributed by atoms with Crippen molar-refractivity contribution in [3.05, 3.63) is 46.8 Å². The molecule has 0 aliphatic carbocycles. The van der Waals surface area contributed by atoms with E-state index in [9.17, 15) is 9.59 Å². The molecule has 0 saturated carbocycles. The smallest absolute Gasteiger partial charge is 0.227 e. The highest BCUT2D eigenvalue weighted by atomic mass is 16.5. The quantitative estimate of drug-likeness (QED) is 0.799. The van der Waals surface area contributed by atoms with Gasteiger partial charge in [0.2, 0.25) is 5.91 Å². The molecule has 132 valence electrons. The molecule has 3 rings (SSSR count). The van der Waals surface area contributed by atoms with Crippen LogP contribution in [0.1, 0.15) is 34.3 Å². The van der Waals surface area contributed by atoms with Crippen molar-refractivity contribution >= 4 is 17.4 Å². The van der Waals surface area contributed by atoms with Crippen LogP contribution < -0.4 is 4.90 Å². The number of aromatic nitrogens is 1. The second-order valence-corrected chi connectivity index (χ2v) is 6.45. The molecular formula is C19H23N3O3. The third kappa shape index (κ3) is 3.73. The maximum Gasteiger partial charge on any atom is 0.227 e. The third-order valence-electron chi connectivity index (χ3n) is 4.78. The van der Waals surface area contributed by atoms with Gasteiger partial charge in [0.25, 0.3) is 0 Å². The van der Waals surface area contributed by atoms with E-state index in [1.54, 1.807) is 6.92 Å². The van der Waals surface area contributed by atoms with Gasteiger partial charge in [-0.15, -0.1) is 0 Å². The zero-order valence-corrected chi connectivity index (χ0v) is 14.9. The summed E-state index contributed by atoms with van der Waals surface area (Å²) in [5.41, 5.74) is 3.49. The van der Waals surface area contributed by atoms with E-state index in [4.69, 9.17) is 4.52 Å². The van der Waals surface area contributed by atoms with Gasteiger partial charge in [-0.05, 0) is 45.0 Å². The third-order valence-corrected chi connectivity index (χ3v) is 4.78. The predicted octanol–water partition coefficient (Wildman–Crippen LogP) is 2.39. The van der Waals surface area contributed by atoms with Gasteiger partial charge in [-0.3, -0.25) is 9.59 Å². The van der Waals surface area contributed by atoms with Gasteiger partial charge in [-0.25, -0.2) is 0 Å². The van der Waals surface area contributed by atoms with Gasteiger partial charge in [0, 0.05) is 43.0 Å². The highest BCUT2D eigenvalue weighted by molar-refractivity contribution is 5.94. The molecule has 0 unspecified atom stereocenters. The van der Waals surface area contributed by atoms with Crippen molar-refractivity contribution in [2.75, 3.05) is 31.1 Å². The van der Waals surface area contributed by atoms with Crippen LogP contribution in [0.5, 0.6) is 0 Å². The van der Waals surface area contributed by atoms with Crippen molar-refractivity contribution in [1.82, 2.24) is 10.1 Å². The minimum absolute atomic E-state index is 0.0706. The van der Waals surface area contributed by atoms with Gasteiger partial charge in [-0.1, -0.05) is 5.16 Å². The monoisotopic (exact) mass is 341 g/mol. The van der Waals surface area contributed by atoms with Crippen LogP contribution in [0.15, 0.2) is 28.8 Å². The van der Waals surface area contributed by atoms with Gasteiger partial charge in [0.1, 0.15) is 5.76 Å². The van der Waals surface area contributed by atoms with Crippen LogP contribution in [-0.4, -0.2) is 47.9 Å². The minimum Gasteiger partial charge on any atom is -0.368 e. The number of anilines is 1. The van der Waals surface area contributed by atoms with Crippen molar-refractivity contribution in [2.24, 2.45) is 0 Å². The number of carbonyl (C=O) groups excluding carboxylic acids is 2. The SMILES string of the molecule is CC(=O)c1ccc(N2CCN(C(=O)Cc3c(C)noc3C)CC2)cc1. The number of Topliss-reactive ketones (excluding diaryl/α,β-unsaturated/α-hetero) is 1. The molecule has 1 saturated heterocycles. The van der Waals surface area contributed by atoms with Gasteiger partial charge < -0.3 is 14.3 Å². The number of ketones is 1. The van der Waals surface area contributed by atoms with E-state index in [1.165, 1.54) is 0 Å². The van der Waals surface area contributed by atoms with E-state index in [-0.39, 0.29) is 11.7 Å². The lowest BCUT2D eigenvalue weighted by Gasteiger charge is -2.36. The number of hydrogen-bond donors (Lipinski definition) is 0. The van der Waals surface area contributed by atoms with Crippen molar-refractivity contribution < 1.29 is 14.1 Å². The number of aryl methyl sites for hydroxylation is 2. The molecule has 2 heterocycles. The van der Waals surface area contributed by atoms with E-state index in [0.29, 0.717) is 19.5 Å². The first kappa shape index (κ1) is 17.2. The number of nitrogens with zero attached hydrogens (tertiary/aromatic N) is 3. The van der Waals surface area contributed by atoms with Crippen LogP contribution in [0.25, 0.3) is 0 Å². The number of rotatable bonds is 4. The van der Waals surface area contributed by atoms with Gasteiger partial charge >= 0.3 is 0 Å². The molecule has 6 heteroatoms. The summed E-state index contributed by atoms with van der Waals surface area (Å²) in [5, 5.41) is 3.91. The first-order chi connectivity index (χ1) is 12.0. The molecule has 1 aromatic heterocycles. The van der Waals surface area contributed by atoms with Gasteiger partial charge in [0.05, 0.1) is 12.1 Å². The molecule has 1 aliphatic heterocycles. The molecule has 1 aromatic carbocycles. The molecule has 0 N–H and O–H groups in total. The molecule has 1 amide bonds. The van der Waals surface area contributed by atoms with Crippen molar-refractivity contribution in [2.45, 2.75) is 27.2 Å². The van der Waals surface area contributed by atoms with Crippen molar-refractivity contribution in [3.63, 3.8) is 0 Å². The Labute approximate surface area is 147 Å². The maximum absolute atomic E-state index is 12.5. The first-order valence-corrected chi connectivity index (χ1v) is 8.51. The first-order valence-electron chi connectivity index (χ1n) is 8.51. The highest BCUT2D eigenvalue weighted by Crippen LogP contribution is 2.19. The Hall–Kier alpha value is -2.63. The number of hydrogen-bond acceptors (Lipinski definition) is 5. The Morgan fingerprint density at radius 1 is 1.08 bits per heavy atom. The topological polar surface area (TPSA) is 66.7 Å². The van der Waals surface area contributed by atoms with E-state index < -0.39 is 0 Å². The van der Waals surface area contributed by atoms with Crippen LogP contribution >= 0.6 is 0 Å². The van der Waals surface area contributed by atoms with Crippen molar-refractivity contribution in [1.29, 1.82) is 0 Å². The van der Waals surface area contributed by atoms with Crippen LogP contribution in [0.3, 0.4) is 0 Å². The van der Waals surface area contributed by atoms with Crippen LogP contribution in [0, 0.1) is 13.8 Å². The van der Waals surface area contributed by atoms with E-state index in [0.717, 1.165) is 41.4 Å². The van der Waals surface area contributed by atoms with Crippen LogP contribution in [-0.2, 0) is 11.2 Å². The number of carbonyl (C=O) groups is 2. The summed E-state index contributed by atoms with van der Waals surface area (Å²) < 4.78 is 5.13. The molecule has 1 fully saturated rings. The van der Waals surface area contributed by atoms with Gasteiger partial charge in [0.15, 0.2) is 5.78 Å². The number of amides is 1. The number of piperazine rings is 1. The molecular weight excluding hydrogens is 318 g/mol. The average Bonchev–Trinajstić information content (AvgIpc) is 2.94. The zero-order chi connectivity index (χ0) is 18.0. The molecule has 0 spiro atoms. The molecule has 25 heavy (non-hydrogen) atoms. The van der Waals surface area contributed by atoms with Crippen molar-refractivity contribution in [3.8, 4) is 0 Å². The molecule has 0 atom stereocenters. The molecule has 0 radical (unpaired) electrons. The fourth-order valence-electron chi connectivity index (χ4n) is 3.14. The van der Waals surface area contributed by atoms with E-state index >= 15 is 0 Å². The molecule has 0 bridgehead atoms. The Balaban J connectivity index is 1.58. The lowest BCUT2D eigenvalue weighted by Crippen LogP contribution is -2.49. The van der Waals surface area contributed by atoms with Crippen LogP contribution in [0.4, 0.5) is 5.69 Å². The standard InChI is InChI=1S/C19H23N3O3/c1-13-18(15(3)25-20-13)12-19(24)22-10-8-21(9-11-22)17-6-4-16(5-7-17)14(2)23/h4-7H,8-12H2,1-3H3. The fraction of sp³-hybridized carbons (Fsp3) is 0.421. The minimum atomic E-state index is 0.0706. The zero-order valence-electron chi connectivity index (χ0n) is 14.9. The average molecular weight is 341 g/mol. The van der Waals surface area contributed by atoms with Crippen LogP contribution in [0.2, 0.25) is 0 Å². The summed E-state index contributed by atoms with van der Waals surface area (Å²) in [4.78, 5) is 28.0. The predicted molar refractivity (Wildman–Crippen MR) is 94.9 cm³/mol. The highest BCUT2D eigenvalue weighted by Gasteiger charge is 2.23. The Morgan fingerprint density at radius 2 is 1.72 bits per heavy atom. The maximum atomic E-state index is 12.5. The summed E-state index contributed by atoms with van der Waals surface area (Å²) in [6, 6.07) is 7.65. The van der Waals surface area contributed by atoms with E-state index in [2.05, 4.69) is 10.1 Å². The molecule has 6 nitrogen and oxygen atoms in total. The molecule has 1 aliphatic rings. The summed E-state index contributed by atoms with van der Waals surface area (Å²) >= 11 is 0. The molecule has 2 aromatic rings. The second-order valence-electron chi connectivity index (χ2n) is 6.45. The number of benzene rings is 1. The lowest BCUT2D eigenvalue weighted by atomic mass is 10.1. The normalized spacial score (nSPS) is 14.7. The van der Waals surface area contributed by atoms with Gasteiger partial charge in [-0.2, -0.15) is 0 Å². The summed E-state index contributed by atoms with van der Waals surface area (Å²) in [6.45, 7) is 8.22. The Morgan fingerprint density at radius 3 is 2.24 bits per heavy atom. The summed E-state index contributed by atoms with van der Waals surface area (Å²) in [7, 11) is 0. The summed E-state index contributed by atoms with van der Waals surface area (Å²) in [5.74, 6) is 0.900. The fourth-order valence-corrected chi connectivity index (χ4v) is 3.14.